The molecule has 2 heterocycles. The largest absolute Gasteiger partial charge is 0.354 e. The van der Waals surface area contributed by atoms with Gasteiger partial charge in [0.25, 0.3) is 0 Å². The van der Waals surface area contributed by atoms with Crippen LogP contribution in [0.4, 0.5) is 0 Å². The van der Waals surface area contributed by atoms with Gasteiger partial charge in [-0.25, -0.2) is 0 Å². The van der Waals surface area contributed by atoms with E-state index < -0.39 is 0 Å². The molecule has 2 aliphatic heterocycles. The molecule has 0 aliphatic carbocycles. The van der Waals surface area contributed by atoms with Gasteiger partial charge in [-0.2, -0.15) is 0 Å². The Labute approximate surface area is 105 Å². The lowest BCUT2D eigenvalue weighted by atomic mass is 9.97. The Morgan fingerprint density at radius 1 is 1.12 bits per heavy atom. The van der Waals surface area contributed by atoms with Gasteiger partial charge in [0, 0.05) is 32.3 Å². The Bertz CT molecular complexity index is 232. The third-order valence-electron chi connectivity index (χ3n) is 4.47. The zero-order valence-electron chi connectivity index (χ0n) is 11.5. The molecule has 100 valence electrons. The number of rotatable bonds is 5. The standard InChI is InChI=1S/C13H26N2O2/c1-9(13(16-3)17-4)14-10-7-11-5-6-12(8-10)15(11)2/h9-14H,5-8H2,1-4H3. The third kappa shape index (κ3) is 2.81. The summed E-state index contributed by atoms with van der Waals surface area (Å²) in [6.07, 6.45) is 5.11. The van der Waals surface area contributed by atoms with Gasteiger partial charge in [0.1, 0.15) is 0 Å². The van der Waals surface area contributed by atoms with E-state index in [0.717, 1.165) is 12.1 Å². The van der Waals surface area contributed by atoms with Crippen LogP contribution in [0.25, 0.3) is 0 Å². The molecule has 0 aromatic carbocycles. The average molecular weight is 242 g/mol. The van der Waals surface area contributed by atoms with Gasteiger partial charge in [-0.15, -0.1) is 0 Å². The van der Waals surface area contributed by atoms with Crippen LogP contribution in [0.2, 0.25) is 0 Å². The Morgan fingerprint density at radius 2 is 1.65 bits per heavy atom. The van der Waals surface area contributed by atoms with E-state index in [9.17, 15) is 0 Å². The second-order valence-electron chi connectivity index (χ2n) is 5.51. The molecule has 2 fully saturated rings. The lowest BCUT2D eigenvalue weighted by molar-refractivity contribution is -0.122. The van der Waals surface area contributed by atoms with Crippen LogP contribution in [0.5, 0.6) is 0 Å². The van der Waals surface area contributed by atoms with Crippen molar-refractivity contribution in [3.8, 4) is 0 Å². The lowest BCUT2D eigenvalue weighted by Gasteiger charge is -2.38. The molecule has 0 aromatic heterocycles. The maximum absolute atomic E-state index is 5.30. The van der Waals surface area contributed by atoms with Crippen molar-refractivity contribution in [3.63, 3.8) is 0 Å². The smallest absolute Gasteiger partial charge is 0.171 e. The maximum Gasteiger partial charge on any atom is 0.171 e. The monoisotopic (exact) mass is 242 g/mol. The minimum Gasteiger partial charge on any atom is -0.354 e. The topological polar surface area (TPSA) is 33.7 Å². The Morgan fingerprint density at radius 3 is 2.12 bits per heavy atom. The van der Waals surface area contributed by atoms with Crippen LogP contribution in [-0.2, 0) is 9.47 Å². The summed E-state index contributed by atoms with van der Waals surface area (Å²) in [5.74, 6) is 0. The highest BCUT2D eigenvalue weighted by molar-refractivity contribution is 4.96. The van der Waals surface area contributed by atoms with Crippen molar-refractivity contribution in [2.24, 2.45) is 0 Å². The van der Waals surface area contributed by atoms with Gasteiger partial charge in [0.15, 0.2) is 6.29 Å². The van der Waals surface area contributed by atoms with E-state index in [1.165, 1.54) is 25.7 Å². The highest BCUT2D eigenvalue weighted by atomic mass is 16.7. The Kier molecular flexibility index (Phi) is 4.42. The summed E-state index contributed by atoms with van der Waals surface area (Å²) in [6.45, 7) is 2.14. The molecular weight excluding hydrogens is 216 g/mol. The number of fused-ring (bicyclic) bond motifs is 2. The number of hydrogen-bond donors (Lipinski definition) is 1. The predicted molar refractivity (Wildman–Crippen MR) is 68.0 cm³/mol. The Hall–Kier alpha value is -0.160. The molecule has 2 rings (SSSR count). The zero-order valence-corrected chi connectivity index (χ0v) is 11.5. The molecule has 4 nitrogen and oxygen atoms in total. The fourth-order valence-corrected chi connectivity index (χ4v) is 3.50. The predicted octanol–water partition coefficient (Wildman–Crippen LogP) is 1.21. The molecule has 0 radical (unpaired) electrons. The quantitative estimate of drug-likeness (QED) is 0.735. The van der Waals surface area contributed by atoms with Crippen molar-refractivity contribution in [1.82, 2.24) is 10.2 Å². The summed E-state index contributed by atoms with van der Waals surface area (Å²) in [4.78, 5) is 2.56. The highest BCUT2D eigenvalue weighted by Crippen LogP contribution is 2.34. The molecule has 2 aliphatic rings. The SMILES string of the molecule is COC(OC)C(C)NC1CC2CCC(C1)N2C. The molecule has 1 N–H and O–H groups in total. The number of nitrogens with zero attached hydrogens (tertiary/aromatic N) is 1. The highest BCUT2D eigenvalue weighted by Gasteiger charge is 2.38. The van der Waals surface area contributed by atoms with Crippen molar-refractivity contribution in [2.75, 3.05) is 21.3 Å². The van der Waals surface area contributed by atoms with Crippen LogP contribution in [0, 0.1) is 0 Å². The first-order valence-corrected chi connectivity index (χ1v) is 6.69. The van der Waals surface area contributed by atoms with Crippen molar-refractivity contribution in [3.05, 3.63) is 0 Å². The normalized spacial score (nSPS) is 35.5. The van der Waals surface area contributed by atoms with Crippen LogP contribution >= 0.6 is 0 Å². The average Bonchev–Trinajstić information content (AvgIpc) is 2.54. The Balaban J connectivity index is 1.84. The first kappa shape index (κ1) is 13.3. The molecule has 17 heavy (non-hydrogen) atoms. The fraction of sp³-hybridized carbons (Fsp3) is 1.00. The number of hydrogen-bond acceptors (Lipinski definition) is 4. The summed E-state index contributed by atoms with van der Waals surface area (Å²) in [7, 11) is 5.67. The van der Waals surface area contributed by atoms with E-state index in [4.69, 9.17) is 9.47 Å². The number of ether oxygens (including phenoxy) is 2. The van der Waals surface area contributed by atoms with E-state index in [-0.39, 0.29) is 12.3 Å². The summed E-state index contributed by atoms with van der Waals surface area (Å²) in [5.41, 5.74) is 0. The van der Waals surface area contributed by atoms with Crippen molar-refractivity contribution in [2.45, 2.75) is 63.1 Å². The third-order valence-corrected chi connectivity index (χ3v) is 4.47. The van der Waals surface area contributed by atoms with Crippen molar-refractivity contribution >= 4 is 0 Å². The van der Waals surface area contributed by atoms with Gasteiger partial charge in [0.05, 0.1) is 6.04 Å². The second-order valence-corrected chi connectivity index (χ2v) is 5.51. The minimum absolute atomic E-state index is 0.146. The first-order chi connectivity index (χ1) is 8.15. The molecular formula is C13H26N2O2. The van der Waals surface area contributed by atoms with Crippen LogP contribution in [0.1, 0.15) is 32.6 Å². The maximum atomic E-state index is 5.30. The molecule has 3 atom stereocenters. The molecule has 2 saturated heterocycles. The van der Waals surface area contributed by atoms with Gasteiger partial charge in [-0.3, -0.25) is 0 Å². The minimum atomic E-state index is -0.146. The molecule has 2 bridgehead atoms. The number of methoxy groups -OCH3 is 2. The van der Waals surface area contributed by atoms with E-state index >= 15 is 0 Å². The lowest BCUT2D eigenvalue weighted by Crippen LogP contribution is -2.52. The van der Waals surface area contributed by atoms with E-state index in [2.05, 4.69) is 24.2 Å². The molecule has 3 unspecified atom stereocenters. The zero-order chi connectivity index (χ0) is 12.4. The molecule has 0 saturated carbocycles. The van der Waals surface area contributed by atoms with Crippen LogP contribution in [0.15, 0.2) is 0 Å². The summed E-state index contributed by atoms with van der Waals surface area (Å²) in [6, 6.07) is 2.42. The van der Waals surface area contributed by atoms with Gasteiger partial charge >= 0.3 is 0 Å². The molecule has 0 spiro atoms. The molecule has 4 heteroatoms. The van der Waals surface area contributed by atoms with Gasteiger partial charge in [-0.1, -0.05) is 0 Å². The summed E-state index contributed by atoms with van der Waals surface area (Å²) in [5, 5.41) is 3.67. The van der Waals surface area contributed by atoms with Gasteiger partial charge < -0.3 is 19.7 Å². The number of piperidine rings is 1. The summed E-state index contributed by atoms with van der Waals surface area (Å²) < 4.78 is 10.6. The number of nitrogens with one attached hydrogen (secondary N) is 1. The van der Waals surface area contributed by atoms with Crippen molar-refractivity contribution < 1.29 is 9.47 Å². The van der Waals surface area contributed by atoms with E-state index in [0.29, 0.717) is 6.04 Å². The molecule has 0 amide bonds. The first-order valence-electron chi connectivity index (χ1n) is 6.69. The van der Waals surface area contributed by atoms with Crippen molar-refractivity contribution in [1.29, 1.82) is 0 Å². The van der Waals surface area contributed by atoms with Crippen LogP contribution in [0.3, 0.4) is 0 Å². The van der Waals surface area contributed by atoms with E-state index in [1.54, 1.807) is 14.2 Å². The van der Waals surface area contributed by atoms with Crippen LogP contribution in [-0.4, -0.2) is 56.6 Å². The second kappa shape index (κ2) is 5.65. The van der Waals surface area contributed by atoms with Gasteiger partial charge in [-0.05, 0) is 39.7 Å². The fourth-order valence-electron chi connectivity index (χ4n) is 3.50. The summed E-state index contributed by atoms with van der Waals surface area (Å²) >= 11 is 0. The van der Waals surface area contributed by atoms with Gasteiger partial charge in [0.2, 0.25) is 0 Å². The van der Waals surface area contributed by atoms with E-state index in [1.807, 2.05) is 0 Å². The van der Waals surface area contributed by atoms with Crippen LogP contribution < -0.4 is 5.32 Å². The molecule has 0 aromatic rings.